The molecule has 1 aromatic rings. The number of hydrogen-bond donors (Lipinski definition) is 0. The van der Waals surface area contributed by atoms with Gasteiger partial charge in [0.1, 0.15) is 0 Å². The van der Waals surface area contributed by atoms with E-state index in [2.05, 4.69) is 11.2 Å². The third-order valence-electron chi connectivity index (χ3n) is 0.835. The van der Waals surface area contributed by atoms with Crippen molar-refractivity contribution in [3.8, 4) is 0 Å². The van der Waals surface area contributed by atoms with E-state index in [-0.39, 0.29) is 5.69 Å². The first-order valence-corrected chi connectivity index (χ1v) is 2.20. The Labute approximate surface area is 46.6 Å². The maximum Gasteiger partial charge on any atom is 0.347 e. The molecule has 0 aliphatic carbocycles. The van der Waals surface area contributed by atoms with Gasteiger partial charge < -0.3 is 4.57 Å². The van der Waals surface area contributed by atoms with Gasteiger partial charge >= 0.3 is 5.69 Å². The molecule has 0 aliphatic heterocycles. The number of nitrogens with zero attached hydrogens (tertiary/aromatic N) is 2. The maximum absolute atomic E-state index is 10.4. The lowest BCUT2D eigenvalue weighted by atomic mass is 10.7. The normalized spacial score (nSPS) is 9.12. The van der Waals surface area contributed by atoms with Gasteiger partial charge in [-0.05, 0) is 6.07 Å². The zero-order valence-electron chi connectivity index (χ0n) is 4.46. The summed E-state index contributed by atoms with van der Waals surface area (Å²) in [6, 6.07) is 1.58. The standard InChI is InChI=1S/C5H5N2O/c1-7-4-2-3-6-5(7)8/h2,4H,1H3. The first-order chi connectivity index (χ1) is 3.80. The molecule has 0 unspecified atom stereocenters. The van der Waals surface area contributed by atoms with Crippen LogP contribution in [0.1, 0.15) is 0 Å². The van der Waals surface area contributed by atoms with E-state index in [4.69, 9.17) is 0 Å². The van der Waals surface area contributed by atoms with E-state index in [9.17, 15) is 4.79 Å². The molecular formula is C5H5N2O. The molecule has 0 aromatic carbocycles. The van der Waals surface area contributed by atoms with E-state index in [1.165, 1.54) is 4.57 Å². The van der Waals surface area contributed by atoms with Gasteiger partial charge in [-0.25, -0.2) is 4.79 Å². The van der Waals surface area contributed by atoms with Gasteiger partial charge in [0.15, 0.2) is 0 Å². The molecular weight excluding hydrogens is 104 g/mol. The molecule has 0 amide bonds. The van der Waals surface area contributed by atoms with Crippen LogP contribution in [-0.4, -0.2) is 9.55 Å². The van der Waals surface area contributed by atoms with Crippen LogP contribution in [0.4, 0.5) is 0 Å². The highest BCUT2D eigenvalue weighted by Crippen LogP contribution is 1.67. The van der Waals surface area contributed by atoms with Crippen molar-refractivity contribution in [2.45, 2.75) is 0 Å². The van der Waals surface area contributed by atoms with Crippen LogP contribution < -0.4 is 5.69 Å². The number of rotatable bonds is 0. The topological polar surface area (TPSA) is 34.9 Å². The van der Waals surface area contributed by atoms with Crippen LogP contribution >= 0.6 is 0 Å². The minimum atomic E-state index is -0.271. The Morgan fingerprint density at radius 3 is 3.00 bits per heavy atom. The minimum absolute atomic E-state index is 0.271. The largest absolute Gasteiger partial charge is 0.347 e. The van der Waals surface area contributed by atoms with E-state index in [1.54, 1.807) is 19.3 Å². The fraction of sp³-hybridized carbons (Fsp3) is 0.200. The molecule has 0 saturated heterocycles. The molecule has 1 aromatic heterocycles. The molecule has 1 rings (SSSR count). The Balaban J connectivity index is 3.35. The van der Waals surface area contributed by atoms with Crippen molar-refractivity contribution >= 4 is 0 Å². The van der Waals surface area contributed by atoms with Crippen LogP contribution in [0.5, 0.6) is 0 Å². The number of aryl methyl sites for hydroxylation is 1. The average Bonchev–Trinajstić information content (AvgIpc) is 1.77. The van der Waals surface area contributed by atoms with Gasteiger partial charge in [0.25, 0.3) is 0 Å². The Hall–Kier alpha value is -1.12. The smallest absolute Gasteiger partial charge is 0.302 e. The summed E-state index contributed by atoms with van der Waals surface area (Å²) < 4.78 is 1.39. The summed E-state index contributed by atoms with van der Waals surface area (Å²) in [6.07, 6.45) is 4.02. The van der Waals surface area contributed by atoms with Gasteiger partial charge in [-0.1, -0.05) is 0 Å². The van der Waals surface area contributed by atoms with Crippen LogP contribution in [-0.2, 0) is 7.05 Å². The van der Waals surface area contributed by atoms with Gasteiger partial charge in [-0.15, -0.1) is 0 Å². The summed E-state index contributed by atoms with van der Waals surface area (Å²) in [5, 5.41) is 0. The highest BCUT2D eigenvalue weighted by molar-refractivity contribution is 4.76. The van der Waals surface area contributed by atoms with E-state index in [0.29, 0.717) is 0 Å². The van der Waals surface area contributed by atoms with Crippen molar-refractivity contribution in [2.75, 3.05) is 0 Å². The monoisotopic (exact) mass is 109 g/mol. The van der Waals surface area contributed by atoms with Crippen molar-refractivity contribution < 1.29 is 0 Å². The van der Waals surface area contributed by atoms with E-state index >= 15 is 0 Å². The van der Waals surface area contributed by atoms with Gasteiger partial charge in [-0.3, -0.25) is 0 Å². The summed E-state index contributed by atoms with van der Waals surface area (Å²) in [6.45, 7) is 0. The molecule has 1 heterocycles. The fourth-order valence-corrected chi connectivity index (χ4v) is 0.380. The van der Waals surface area contributed by atoms with Crippen LogP contribution in [0.25, 0.3) is 0 Å². The van der Waals surface area contributed by atoms with E-state index in [1.807, 2.05) is 0 Å². The maximum atomic E-state index is 10.4. The summed E-state index contributed by atoms with van der Waals surface area (Å²) >= 11 is 0. The van der Waals surface area contributed by atoms with Gasteiger partial charge in [0.2, 0.25) is 0 Å². The number of aromatic nitrogens is 2. The van der Waals surface area contributed by atoms with Crippen molar-refractivity contribution in [1.29, 1.82) is 0 Å². The quantitative estimate of drug-likeness (QED) is 0.453. The molecule has 0 saturated carbocycles. The second-order valence-corrected chi connectivity index (χ2v) is 1.45. The van der Waals surface area contributed by atoms with Crippen LogP contribution in [0.15, 0.2) is 17.1 Å². The first-order valence-electron chi connectivity index (χ1n) is 2.20. The second-order valence-electron chi connectivity index (χ2n) is 1.45. The second kappa shape index (κ2) is 1.78. The molecule has 8 heavy (non-hydrogen) atoms. The third kappa shape index (κ3) is 0.753. The van der Waals surface area contributed by atoms with Crippen molar-refractivity contribution in [3.63, 3.8) is 0 Å². The highest BCUT2D eigenvalue weighted by atomic mass is 16.1. The van der Waals surface area contributed by atoms with Crippen LogP contribution in [0.3, 0.4) is 0 Å². The first kappa shape index (κ1) is 5.03. The van der Waals surface area contributed by atoms with E-state index in [0.717, 1.165) is 0 Å². The molecule has 0 aliphatic rings. The Morgan fingerprint density at radius 2 is 2.62 bits per heavy atom. The Bertz CT molecular complexity index is 228. The molecule has 0 atom stereocenters. The molecule has 3 nitrogen and oxygen atoms in total. The Morgan fingerprint density at radius 1 is 1.88 bits per heavy atom. The molecule has 0 spiro atoms. The zero-order chi connectivity index (χ0) is 5.98. The van der Waals surface area contributed by atoms with Crippen molar-refractivity contribution in [3.05, 3.63) is 28.9 Å². The van der Waals surface area contributed by atoms with Crippen molar-refractivity contribution in [2.24, 2.45) is 7.05 Å². The summed E-state index contributed by atoms with van der Waals surface area (Å²) in [4.78, 5) is 13.8. The molecule has 41 valence electrons. The lowest BCUT2D eigenvalue weighted by molar-refractivity contribution is 0.808. The lowest BCUT2D eigenvalue weighted by Crippen LogP contribution is -2.17. The Kier molecular flexibility index (Phi) is 1.12. The molecule has 3 heteroatoms. The SMILES string of the molecule is Cn1cc[c]nc1=O. The molecule has 1 radical (unpaired) electrons. The zero-order valence-corrected chi connectivity index (χ0v) is 4.46. The molecule has 0 fully saturated rings. The average molecular weight is 109 g/mol. The third-order valence-corrected chi connectivity index (χ3v) is 0.835. The summed E-state index contributed by atoms with van der Waals surface area (Å²) in [7, 11) is 1.64. The highest BCUT2D eigenvalue weighted by Gasteiger charge is 1.81. The molecule has 0 bridgehead atoms. The predicted molar refractivity (Wildman–Crippen MR) is 28.3 cm³/mol. The van der Waals surface area contributed by atoms with Gasteiger partial charge in [-0.2, -0.15) is 4.98 Å². The summed E-state index contributed by atoms with van der Waals surface area (Å²) in [5.41, 5.74) is -0.271. The summed E-state index contributed by atoms with van der Waals surface area (Å²) in [5.74, 6) is 0. The fourth-order valence-electron chi connectivity index (χ4n) is 0.380. The van der Waals surface area contributed by atoms with Crippen molar-refractivity contribution in [1.82, 2.24) is 9.55 Å². The lowest BCUT2D eigenvalue weighted by Gasteiger charge is -1.87. The molecule has 0 N–H and O–H groups in total. The van der Waals surface area contributed by atoms with Gasteiger partial charge in [0.05, 0.1) is 6.20 Å². The van der Waals surface area contributed by atoms with Gasteiger partial charge in [0, 0.05) is 13.2 Å². The minimum Gasteiger partial charge on any atom is -0.302 e. The van der Waals surface area contributed by atoms with E-state index < -0.39 is 0 Å². The predicted octanol–water partition coefficient (Wildman–Crippen LogP) is -0.420. The van der Waals surface area contributed by atoms with Crippen LogP contribution in [0.2, 0.25) is 0 Å². The van der Waals surface area contributed by atoms with Crippen LogP contribution in [0, 0.1) is 6.20 Å². The number of hydrogen-bond acceptors (Lipinski definition) is 2.